The molecule has 0 aliphatic heterocycles. The van der Waals surface area contributed by atoms with Crippen molar-refractivity contribution in [2.75, 3.05) is 11.9 Å². The van der Waals surface area contributed by atoms with Gasteiger partial charge in [-0.2, -0.15) is 0 Å². The zero-order valence-corrected chi connectivity index (χ0v) is 12.0. The van der Waals surface area contributed by atoms with Gasteiger partial charge in [0.15, 0.2) is 0 Å². The summed E-state index contributed by atoms with van der Waals surface area (Å²) >= 11 is 5.85. The molecule has 3 nitrogen and oxygen atoms in total. The van der Waals surface area contributed by atoms with E-state index in [-0.39, 0.29) is 12.6 Å². The van der Waals surface area contributed by atoms with Crippen LogP contribution in [0.1, 0.15) is 12.0 Å². The molecular formula is C16H19ClN2O. The van der Waals surface area contributed by atoms with Crippen LogP contribution in [0.2, 0.25) is 5.02 Å². The lowest BCUT2D eigenvalue weighted by Crippen LogP contribution is -2.24. The highest BCUT2D eigenvalue weighted by Gasteiger charge is 2.01. The minimum absolute atomic E-state index is 0.0379. The van der Waals surface area contributed by atoms with Crippen molar-refractivity contribution in [1.82, 2.24) is 0 Å². The predicted molar refractivity (Wildman–Crippen MR) is 84.6 cm³/mol. The smallest absolute Gasteiger partial charge is 0.0582 e. The normalized spacial score (nSPS) is 12.2. The first-order chi connectivity index (χ1) is 9.67. The summed E-state index contributed by atoms with van der Waals surface area (Å²) in [6, 6.07) is 15.7. The molecule has 2 rings (SSSR count). The second-order valence-corrected chi connectivity index (χ2v) is 5.25. The summed E-state index contributed by atoms with van der Waals surface area (Å²) in [4.78, 5) is 0. The van der Waals surface area contributed by atoms with Crippen molar-refractivity contribution in [3.05, 3.63) is 59.1 Å². The molecule has 106 valence electrons. The quantitative estimate of drug-likeness (QED) is 0.765. The topological polar surface area (TPSA) is 58.3 Å². The number of anilines is 2. The Morgan fingerprint density at radius 3 is 2.10 bits per heavy atom. The molecule has 0 saturated carbocycles. The van der Waals surface area contributed by atoms with E-state index in [1.807, 2.05) is 36.4 Å². The zero-order chi connectivity index (χ0) is 14.4. The summed E-state index contributed by atoms with van der Waals surface area (Å²) in [6.45, 7) is 0.0379. The number of aryl methyl sites for hydroxylation is 1. The van der Waals surface area contributed by atoms with Gasteiger partial charge in [-0.25, -0.2) is 0 Å². The molecule has 2 aromatic carbocycles. The minimum Gasteiger partial charge on any atom is -0.395 e. The fourth-order valence-corrected chi connectivity index (χ4v) is 2.02. The third-order valence-electron chi connectivity index (χ3n) is 3.13. The SMILES string of the molecule is NC(CO)CCc1ccc(Nc2ccc(Cl)cc2)cc1. The maximum atomic E-state index is 8.90. The van der Waals surface area contributed by atoms with Gasteiger partial charge in [0.05, 0.1) is 6.61 Å². The van der Waals surface area contributed by atoms with Crippen LogP contribution in [0.25, 0.3) is 0 Å². The molecule has 0 aromatic heterocycles. The minimum atomic E-state index is -0.137. The molecule has 0 aliphatic rings. The number of aliphatic hydroxyl groups excluding tert-OH is 1. The van der Waals surface area contributed by atoms with E-state index in [0.717, 1.165) is 29.2 Å². The average molecular weight is 291 g/mol. The average Bonchev–Trinajstić information content (AvgIpc) is 2.48. The van der Waals surface area contributed by atoms with Gasteiger partial charge in [0.1, 0.15) is 0 Å². The van der Waals surface area contributed by atoms with E-state index < -0.39 is 0 Å². The van der Waals surface area contributed by atoms with E-state index in [9.17, 15) is 0 Å². The second kappa shape index (κ2) is 7.29. The Morgan fingerprint density at radius 1 is 1.00 bits per heavy atom. The van der Waals surface area contributed by atoms with Crippen molar-refractivity contribution >= 4 is 23.0 Å². The van der Waals surface area contributed by atoms with Gasteiger partial charge in [-0.05, 0) is 54.8 Å². The second-order valence-electron chi connectivity index (χ2n) is 4.81. The third-order valence-corrected chi connectivity index (χ3v) is 3.38. The molecule has 0 amide bonds. The van der Waals surface area contributed by atoms with Crippen molar-refractivity contribution in [3.8, 4) is 0 Å². The van der Waals surface area contributed by atoms with Gasteiger partial charge in [0, 0.05) is 22.4 Å². The maximum Gasteiger partial charge on any atom is 0.0582 e. The lowest BCUT2D eigenvalue weighted by Gasteiger charge is -2.09. The number of nitrogens with one attached hydrogen (secondary N) is 1. The van der Waals surface area contributed by atoms with E-state index in [4.69, 9.17) is 22.4 Å². The predicted octanol–water partition coefficient (Wildman–Crippen LogP) is 3.34. The van der Waals surface area contributed by atoms with Crippen molar-refractivity contribution < 1.29 is 5.11 Å². The molecule has 20 heavy (non-hydrogen) atoms. The summed E-state index contributed by atoms with van der Waals surface area (Å²) in [5.41, 5.74) is 8.94. The number of rotatable bonds is 6. The summed E-state index contributed by atoms with van der Waals surface area (Å²) in [7, 11) is 0. The van der Waals surface area contributed by atoms with E-state index in [1.165, 1.54) is 5.56 Å². The highest BCUT2D eigenvalue weighted by atomic mass is 35.5. The number of nitrogens with two attached hydrogens (primary N) is 1. The van der Waals surface area contributed by atoms with Crippen molar-refractivity contribution in [3.63, 3.8) is 0 Å². The molecule has 0 heterocycles. The fraction of sp³-hybridized carbons (Fsp3) is 0.250. The Bertz CT molecular complexity index is 525. The van der Waals surface area contributed by atoms with Gasteiger partial charge in [-0.3, -0.25) is 0 Å². The summed E-state index contributed by atoms with van der Waals surface area (Å²) in [6.07, 6.45) is 1.67. The highest BCUT2D eigenvalue weighted by Crippen LogP contribution is 2.19. The van der Waals surface area contributed by atoms with E-state index in [1.54, 1.807) is 0 Å². The molecule has 0 fully saturated rings. The van der Waals surface area contributed by atoms with Crippen LogP contribution in [-0.4, -0.2) is 17.8 Å². The lowest BCUT2D eigenvalue weighted by molar-refractivity contribution is 0.260. The van der Waals surface area contributed by atoms with Gasteiger partial charge >= 0.3 is 0 Å². The Morgan fingerprint density at radius 2 is 1.55 bits per heavy atom. The number of aliphatic hydroxyl groups is 1. The van der Waals surface area contributed by atoms with Crippen LogP contribution >= 0.6 is 11.6 Å². The van der Waals surface area contributed by atoms with Crippen molar-refractivity contribution in [2.45, 2.75) is 18.9 Å². The van der Waals surface area contributed by atoms with Crippen LogP contribution in [0.5, 0.6) is 0 Å². The van der Waals surface area contributed by atoms with Crippen LogP contribution in [-0.2, 0) is 6.42 Å². The van der Waals surface area contributed by atoms with E-state index in [2.05, 4.69) is 17.4 Å². The molecule has 4 N–H and O–H groups in total. The first kappa shape index (κ1) is 14.9. The van der Waals surface area contributed by atoms with Gasteiger partial charge < -0.3 is 16.2 Å². The van der Waals surface area contributed by atoms with E-state index >= 15 is 0 Å². The van der Waals surface area contributed by atoms with Gasteiger partial charge in [0.25, 0.3) is 0 Å². The van der Waals surface area contributed by atoms with Crippen LogP contribution in [0.15, 0.2) is 48.5 Å². The summed E-state index contributed by atoms with van der Waals surface area (Å²) in [5.74, 6) is 0. The Kier molecular flexibility index (Phi) is 5.41. The van der Waals surface area contributed by atoms with Crippen LogP contribution in [0, 0.1) is 0 Å². The first-order valence-electron chi connectivity index (χ1n) is 6.65. The zero-order valence-electron chi connectivity index (χ0n) is 11.2. The van der Waals surface area contributed by atoms with Crippen molar-refractivity contribution in [1.29, 1.82) is 0 Å². The van der Waals surface area contributed by atoms with Crippen molar-refractivity contribution in [2.24, 2.45) is 5.73 Å². The molecule has 0 saturated heterocycles. The molecule has 1 atom stereocenters. The molecule has 4 heteroatoms. The van der Waals surface area contributed by atoms with Crippen LogP contribution in [0.3, 0.4) is 0 Å². The van der Waals surface area contributed by atoms with Gasteiger partial charge in [-0.1, -0.05) is 23.7 Å². The Hall–Kier alpha value is -1.55. The number of hydrogen-bond acceptors (Lipinski definition) is 3. The monoisotopic (exact) mass is 290 g/mol. The largest absolute Gasteiger partial charge is 0.395 e. The summed E-state index contributed by atoms with van der Waals surface area (Å²) < 4.78 is 0. The van der Waals surface area contributed by atoms with Gasteiger partial charge in [-0.15, -0.1) is 0 Å². The number of benzene rings is 2. The standard InChI is InChI=1S/C16H19ClN2O/c17-13-4-9-16(10-5-13)19-15-7-2-12(3-8-15)1-6-14(18)11-20/h2-5,7-10,14,19-20H,1,6,11,18H2. The molecular weight excluding hydrogens is 272 g/mol. The first-order valence-corrected chi connectivity index (χ1v) is 7.03. The van der Waals surface area contributed by atoms with Gasteiger partial charge in [0.2, 0.25) is 0 Å². The van der Waals surface area contributed by atoms with Crippen LogP contribution in [0.4, 0.5) is 11.4 Å². The highest BCUT2D eigenvalue weighted by molar-refractivity contribution is 6.30. The molecule has 0 spiro atoms. The number of hydrogen-bond donors (Lipinski definition) is 3. The Balaban J connectivity index is 1.92. The molecule has 0 bridgehead atoms. The molecule has 1 unspecified atom stereocenters. The molecule has 0 radical (unpaired) electrons. The Labute approximate surface area is 124 Å². The summed E-state index contributed by atoms with van der Waals surface area (Å²) in [5, 5.41) is 12.9. The fourth-order valence-electron chi connectivity index (χ4n) is 1.90. The maximum absolute atomic E-state index is 8.90. The van der Waals surface area contributed by atoms with Crippen LogP contribution < -0.4 is 11.1 Å². The lowest BCUT2D eigenvalue weighted by atomic mass is 10.1. The number of halogens is 1. The third kappa shape index (κ3) is 4.53. The molecule has 2 aromatic rings. The van der Waals surface area contributed by atoms with E-state index in [0.29, 0.717) is 0 Å². The molecule has 0 aliphatic carbocycles.